The number of aromatic amines is 1. The number of carbonyl (C=O) groups excluding carboxylic acids is 1. The van der Waals surface area contributed by atoms with E-state index in [9.17, 15) is 9.59 Å². The summed E-state index contributed by atoms with van der Waals surface area (Å²) >= 11 is 0. The summed E-state index contributed by atoms with van der Waals surface area (Å²) in [5.74, 6) is 0. The van der Waals surface area contributed by atoms with E-state index >= 15 is 0 Å². The lowest BCUT2D eigenvalue weighted by molar-refractivity contribution is 0.0224. The molecule has 1 N–H and O–H groups in total. The first-order chi connectivity index (χ1) is 9.85. The second-order valence-corrected chi connectivity index (χ2v) is 6.16. The molecule has 0 unspecified atom stereocenters. The fourth-order valence-corrected chi connectivity index (χ4v) is 2.44. The molecule has 0 fully saturated rings. The fraction of sp³-hybridized carbons (Fsp3) is 0.500. The average molecular weight is 290 g/mol. The van der Waals surface area contributed by atoms with E-state index < -0.39 is 5.60 Å². The zero-order valence-corrected chi connectivity index (χ0v) is 12.3. The van der Waals surface area contributed by atoms with Gasteiger partial charge in [0.15, 0.2) is 5.65 Å². The van der Waals surface area contributed by atoms with Gasteiger partial charge in [-0.1, -0.05) is 0 Å². The van der Waals surface area contributed by atoms with Crippen LogP contribution in [0.1, 0.15) is 32.0 Å². The molecule has 0 spiro atoms. The van der Waals surface area contributed by atoms with Crippen LogP contribution in [0, 0.1) is 0 Å². The van der Waals surface area contributed by atoms with Crippen molar-refractivity contribution < 1.29 is 9.53 Å². The van der Waals surface area contributed by atoms with E-state index in [1.54, 1.807) is 4.90 Å². The number of nitrogens with zero attached hydrogens (tertiary/aromatic N) is 3. The highest BCUT2D eigenvalue weighted by atomic mass is 16.6. The SMILES string of the molecule is CC(C)(C)OC(=O)N1CCc2[nH]n3c(=O)ccnc3c2C1. The second kappa shape index (κ2) is 4.61. The number of hydrogen-bond donors (Lipinski definition) is 1. The van der Waals surface area contributed by atoms with Crippen molar-refractivity contribution in [2.45, 2.75) is 39.3 Å². The van der Waals surface area contributed by atoms with Crippen molar-refractivity contribution in [2.75, 3.05) is 6.54 Å². The van der Waals surface area contributed by atoms with Gasteiger partial charge in [-0.15, -0.1) is 0 Å². The van der Waals surface area contributed by atoms with Crippen molar-refractivity contribution in [2.24, 2.45) is 0 Å². The summed E-state index contributed by atoms with van der Waals surface area (Å²) in [6.45, 7) is 6.48. The number of carbonyl (C=O) groups is 1. The molecule has 1 aliphatic rings. The van der Waals surface area contributed by atoms with Crippen molar-refractivity contribution in [1.29, 1.82) is 0 Å². The lowest BCUT2D eigenvalue weighted by Crippen LogP contribution is -2.39. The highest BCUT2D eigenvalue weighted by Gasteiger charge is 2.28. The first-order valence-corrected chi connectivity index (χ1v) is 6.90. The van der Waals surface area contributed by atoms with Crippen LogP contribution in [0.25, 0.3) is 5.65 Å². The number of ether oxygens (including phenoxy) is 1. The molecule has 0 aliphatic carbocycles. The molecule has 0 radical (unpaired) electrons. The van der Waals surface area contributed by atoms with Crippen LogP contribution in [0.2, 0.25) is 0 Å². The van der Waals surface area contributed by atoms with Crippen LogP contribution in [0.15, 0.2) is 17.1 Å². The first-order valence-electron chi connectivity index (χ1n) is 6.90. The Kier molecular flexibility index (Phi) is 3.00. The van der Waals surface area contributed by atoms with E-state index in [0.717, 1.165) is 11.3 Å². The van der Waals surface area contributed by atoms with Crippen LogP contribution in [0.3, 0.4) is 0 Å². The smallest absolute Gasteiger partial charge is 0.410 e. The van der Waals surface area contributed by atoms with Gasteiger partial charge in [0.1, 0.15) is 5.60 Å². The van der Waals surface area contributed by atoms with E-state index in [4.69, 9.17) is 4.74 Å². The van der Waals surface area contributed by atoms with E-state index in [-0.39, 0.29) is 11.7 Å². The summed E-state index contributed by atoms with van der Waals surface area (Å²) in [6.07, 6.45) is 1.79. The fourth-order valence-electron chi connectivity index (χ4n) is 2.44. The van der Waals surface area contributed by atoms with Gasteiger partial charge in [-0.05, 0) is 20.8 Å². The molecule has 7 nitrogen and oxygen atoms in total. The molecule has 7 heteroatoms. The topological polar surface area (TPSA) is 79.7 Å². The van der Waals surface area contributed by atoms with E-state index in [1.807, 2.05) is 20.8 Å². The molecular formula is C14H18N4O3. The van der Waals surface area contributed by atoms with Gasteiger partial charge in [-0.2, -0.15) is 0 Å². The lowest BCUT2D eigenvalue weighted by atomic mass is 10.1. The Morgan fingerprint density at radius 2 is 2.19 bits per heavy atom. The number of rotatable bonds is 0. The van der Waals surface area contributed by atoms with Gasteiger partial charge < -0.3 is 9.64 Å². The van der Waals surface area contributed by atoms with Gasteiger partial charge in [-0.25, -0.2) is 14.3 Å². The third kappa shape index (κ3) is 2.51. The second-order valence-electron chi connectivity index (χ2n) is 6.16. The minimum Gasteiger partial charge on any atom is -0.444 e. The molecule has 0 atom stereocenters. The number of fused-ring (bicyclic) bond motifs is 3. The Labute approximate surface area is 121 Å². The largest absolute Gasteiger partial charge is 0.444 e. The normalized spacial score (nSPS) is 15.1. The summed E-state index contributed by atoms with van der Waals surface area (Å²) in [5, 5.41) is 3.05. The Hall–Kier alpha value is -2.31. The van der Waals surface area contributed by atoms with Crippen molar-refractivity contribution in [3.8, 4) is 0 Å². The maximum Gasteiger partial charge on any atom is 0.410 e. The van der Waals surface area contributed by atoms with E-state index in [1.165, 1.54) is 16.8 Å². The molecular weight excluding hydrogens is 272 g/mol. The van der Waals surface area contributed by atoms with E-state index in [2.05, 4.69) is 10.1 Å². The summed E-state index contributed by atoms with van der Waals surface area (Å²) in [6, 6.07) is 1.40. The molecule has 0 saturated heterocycles. The summed E-state index contributed by atoms with van der Waals surface area (Å²) in [5.41, 5.74) is 1.73. The average Bonchev–Trinajstić information content (AvgIpc) is 2.76. The summed E-state index contributed by atoms with van der Waals surface area (Å²) in [4.78, 5) is 29.8. The zero-order chi connectivity index (χ0) is 15.2. The number of hydrogen-bond acceptors (Lipinski definition) is 4. The van der Waals surface area contributed by atoms with Crippen LogP contribution in [-0.2, 0) is 17.7 Å². The third-order valence-corrected chi connectivity index (χ3v) is 3.36. The van der Waals surface area contributed by atoms with Gasteiger partial charge in [0.2, 0.25) is 0 Å². The maximum absolute atomic E-state index is 12.2. The molecule has 0 aromatic carbocycles. The zero-order valence-electron chi connectivity index (χ0n) is 12.3. The Balaban J connectivity index is 1.92. The Morgan fingerprint density at radius 1 is 1.43 bits per heavy atom. The van der Waals surface area contributed by atoms with Crippen LogP contribution < -0.4 is 5.56 Å². The van der Waals surface area contributed by atoms with E-state index in [0.29, 0.717) is 25.2 Å². The standard InChI is InChI=1S/C14H18N4O3/c1-14(2,3)21-13(20)17-7-5-10-9(8-17)12-15-6-4-11(19)18(12)16-10/h4,6,16H,5,7-8H2,1-3H3. The van der Waals surface area contributed by atoms with Crippen LogP contribution in [0.5, 0.6) is 0 Å². The van der Waals surface area contributed by atoms with Gasteiger partial charge in [-0.3, -0.25) is 9.89 Å². The third-order valence-electron chi connectivity index (χ3n) is 3.36. The van der Waals surface area contributed by atoms with Gasteiger partial charge in [0, 0.05) is 36.5 Å². The van der Waals surface area contributed by atoms with Gasteiger partial charge in [0.05, 0.1) is 6.54 Å². The van der Waals surface area contributed by atoms with Crippen molar-refractivity contribution >= 4 is 11.7 Å². The summed E-state index contributed by atoms with van der Waals surface area (Å²) < 4.78 is 6.81. The molecule has 2 aromatic rings. The number of nitrogens with one attached hydrogen (secondary N) is 1. The molecule has 2 aromatic heterocycles. The lowest BCUT2D eigenvalue weighted by Gasteiger charge is -2.29. The number of amides is 1. The Morgan fingerprint density at radius 3 is 2.90 bits per heavy atom. The molecule has 0 bridgehead atoms. The highest BCUT2D eigenvalue weighted by Crippen LogP contribution is 2.22. The van der Waals surface area contributed by atoms with Crippen LogP contribution in [0.4, 0.5) is 4.79 Å². The van der Waals surface area contributed by atoms with Crippen molar-refractivity contribution in [3.63, 3.8) is 0 Å². The maximum atomic E-state index is 12.2. The van der Waals surface area contributed by atoms with Gasteiger partial charge in [0.25, 0.3) is 5.56 Å². The monoisotopic (exact) mass is 290 g/mol. The minimum atomic E-state index is -0.521. The molecule has 0 saturated carbocycles. The minimum absolute atomic E-state index is 0.154. The molecule has 3 rings (SSSR count). The summed E-state index contributed by atoms with van der Waals surface area (Å²) in [7, 11) is 0. The van der Waals surface area contributed by atoms with Crippen molar-refractivity contribution in [3.05, 3.63) is 33.9 Å². The molecule has 21 heavy (non-hydrogen) atoms. The quantitative estimate of drug-likeness (QED) is 0.793. The first kappa shape index (κ1) is 13.7. The number of H-pyrrole nitrogens is 1. The molecule has 1 aliphatic heterocycles. The van der Waals surface area contributed by atoms with Crippen LogP contribution >= 0.6 is 0 Å². The van der Waals surface area contributed by atoms with Crippen molar-refractivity contribution in [1.82, 2.24) is 19.5 Å². The Bertz CT molecular complexity index is 754. The predicted octanol–water partition coefficient (Wildman–Crippen LogP) is 1.32. The predicted molar refractivity (Wildman–Crippen MR) is 76.2 cm³/mol. The number of aromatic nitrogens is 3. The highest BCUT2D eigenvalue weighted by molar-refractivity contribution is 5.69. The molecule has 112 valence electrons. The molecule has 1 amide bonds. The van der Waals surface area contributed by atoms with Crippen LogP contribution in [-0.4, -0.2) is 37.7 Å². The van der Waals surface area contributed by atoms with Gasteiger partial charge >= 0.3 is 6.09 Å². The molecule has 3 heterocycles.